The fourth-order valence-corrected chi connectivity index (χ4v) is 2.64. The lowest BCUT2D eigenvalue weighted by Crippen LogP contribution is -2.04. The molecule has 1 aromatic carbocycles. The predicted molar refractivity (Wildman–Crippen MR) is 116 cm³/mol. The number of esters is 1. The smallest absolute Gasteiger partial charge is 0.354 e. The Balaban J connectivity index is 0.000000305. The lowest BCUT2D eigenvalue weighted by Gasteiger charge is -2.00. The van der Waals surface area contributed by atoms with Gasteiger partial charge in [0.2, 0.25) is 5.88 Å². The highest BCUT2D eigenvalue weighted by Crippen LogP contribution is 2.29. The molecule has 2 aromatic heterocycles. The molecule has 0 saturated heterocycles. The van der Waals surface area contributed by atoms with E-state index in [1.807, 2.05) is 38.1 Å². The van der Waals surface area contributed by atoms with Gasteiger partial charge in [-0.1, -0.05) is 31.5 Å². The highest BCUT2D eigenvalue weighted by molar-refractivity contribution is 9.10. The third-order valence-electron chi connectivity index (χ3n) is 3.31. The molecule has 3 aromatic rings. The second kappa shape index (κ2) is 11.7. The van der Waals surface area contributed by atoms with Crippen LogP contribution in [0.3, 0.4) is 0 Å². The van der Waals surface area contributed by atoms with Crippen LogP contribution in [0.25, 0.3) is 10.9 Å². The lowest BCUT2D eigenvalue weighted by molar-refractivity contribution is 0.0520. The first-order valence-electron chi connectivity index (χ1n) is 8.60. The Hall–Kier alpha value is -1.99. The Morgan fingerprint density at radius 3 is 2.41 bits per heavy atom. The second-order valence-corrected chi connectivity index (χ2v) is 6.51. The number of halogens is 1. The van der Waals surface area contributed by atoms with Crippen molar-refractivity contribution in [2.24, 2.45) is 0 Å². The summed E-state index contributed by atoms with van der Waals surface area (Å²) in [7, 11) is 1.53. The molecule has 7 heteroatoms. The topological polar surface area (TPSA) is 64.2 Å². The predicted octanol–water partition coefficient (Wildman–Crippen LogP) is 5.82. The number of ether oxygens (including phenoxy) is 2. The van der Waals surface area contributed by atoms with E-state index in [0.717, 1.165) is 14.8 Å². The number of aromatic amines is 1. The Morgan fingerprint density at radius 1 is 1.26 bits per heavy atom. The van der Waals surface area contributed by atoms with Crippen molar-refractivity contribution in [3.8, 4) is 5.88 Å². The third kappa shape index (κ3) is 6.59. The van der Waals surface area contributed by atoms with Gasteiger partial charge in [0.05, 0.1) is 13.7 Å². The number of hydrogen-bond donors (Lipinski definition) is 2. The van der Waals surface area contributed by atoms with Gasteiger partial charge >= 0.3 is 5.97 Å². The van der Waals surface area contributed by atoms with E-state index in [1.165, 1.54) is 12.7 Å². The maximum atomic E-state index is 11.6. The van der Waals surface area contributed by atoms with Crippen LogP contribution in [0.5, 0.6) is 5.88 Å². The van der Waals surface area contributed by atoms with E-state index < -0.39 is 5.97 Å². The molecular weight excluding hydrogens is 428 g/mol. The summed E-state index contributed by atoms with van der Waals surface area (Å²) in [5, 5.41) is 0.833. The minimum atomic E-state index is -0.391. The van der Waals surface area contributed by atoms with Crippen LogP contribution < -0.4 is 4.74 Å². The summed E-state index contributed by atoms with van der Waals surface area (Å²) in [6.07, 6.45) is 1.63. The number of rotatable bonds is 3. The second-order valence-electron chi connectivity index (χ2n) is 5.14. The van der Waals surface area contributed by atoms with E-state index in [4.69, 9.17) is 9.47 Å². The summed E-state index contributed by atoms with van der Waals surface area (Å²) in [6.45, 7) is 8.16. The molecule has 0 fully saturated rings. The van der Waals surface area contributed by atoms with E-state index in [1.54, 1.807) is 19.2 Å². The number of thiol groups is 1. The summed E-state index contributed by atoms with van der Waals surface area (Å²) in [6, 6.07) is 9.77. The van der Waals surface area contributed by atoms with Gasteiger partial charge in [0.1, 0.15) is 11.2 Å². The number of H-pyrrole nitrogens is 1. The number of carbonyl (C=O) groups excluding carboxylic acids is 1. The molecule has 146 valence electrons. The van der Waals surface area contributed by atoms with Gasteiger partial charge in [0.25, 0.3) is 0 Å². The minimum absolute atomic E-state index is 0.338. The van der Waals surface area contributed by atoms with Crippen molar-refractivity contribution in [3.05, 3.63) is 52.3 Å². The number of fused-ring (bicyclic) bond motifs is 1. The first kappa shape index (κ1) is 23.0. The first-order chi connectivity index (χ1) is 13.0. The van der Waals surface area contributed by atoms with Gasteiger partial charge in [0, 0.05) is 21.0 Å². The van der Waals surface area contributed by atoms with Gasteiger partial charge in [-0.25, -0.2) is 9.78 Å². The van der Waals surface area contributed by atoms with Gasteiger partial charge in [-0.05, 0) is 48.0 Å². The monoisotopic (exact) mass is 452 g/mol. The molecule has 27 heavy (non-hydrogen) atoms. The van der Waals surface area contributed by atoms with Crippen LogP contribution in [0.2, 0.25) is 0 Å². The Labute approximate surface area is 174 Å². The van der Waals surface area contributed by atoms with Gasteiger partial charge in [-0.3, -0.25) is 0 Å². The number of aryl methyl sites for hydroxylation is 1. The molecule has 0 spiro atoms. The van der Waals surface area contributed by atoms with Crippen LogP contribution in [0.4, 0.5) is 0 Å². The van der Waals surface area contributed by atoms with Crippen molar-refractivity contribution in [3.63, 3.8) is 0 Å². The maximum absolute atomic E-state index is 11.6. The highest BCUT2D eigenvalue weighted by Gasteiger charge is 2.15. The number of aromatic nitrogens is 2. The number of hydrogen-bond acceptors (Lipinski definition) is 5. The molecule has 0 aliphatic rings. The average Bonchev–Trinajstić information content (AvgIpc) is 3.13. The number of benzene rings is 1. The lowest BCUT2D eigenvalue weighted by atomic mass is 10.2. The molecule has 0 amide bonds. The summed E-state index contributed by atoms with van der Waals surface area (Å²) >= 11 is 7.50. The fourth-order valence-electron chi connectivity index (χ4n) is 2.08. The summed E-state index contributed by atoms with van der Waals surface area (Å²) < 4.78 is 10.8. The average molecular weight is 453 g/mol. The van der Waals surface area contributed by atoms with E-state index in [9.17, 15) is 4.79 Å². The largest absolute Gasteiger partial charge is 0.479 e. The zero-order valence-electron chi connectivity index (χ0n) is 16.2. The molecule has 5 nitrogen and oxygen atoms in total. The third-order valence-corrected chi connectivity index (χ3v) is 4.24. The van der Waals surface area contributed by atoms with Crippen LogP contribution in [0, 0.1) is 6.92 Å². The quantitative estimate of drug-likeness (QED) is 0.388. The van der Waals surface area contributed by atoms with Crippen LogP contribution in [0.15, 0.2) is 45.9 Å². The molecule has 0 aliphatic heterocycles. The van der Waals surface area contributed by atoms with E-state index in [0.29, 0.717) is 23.7 Å². The van der Waals surface area contributed by atoms with Crippen molar-refractivity contribution in [1.29, 1.82) is 0 Å². The van der Waals surface area contributed by atoms with E-state index in [-0.39, 0.29) is 0 Å². The van der Waals surface area contributed by atoms with Crippen LogP contribution in [-0.2, 0) is 4.74 Å². The normalized spacial score (nSPS) is 9.59. The molecule has 0 aliphatic carbocycles. The maximum Gasteiger partial charge on any atom is 0.354 e. The zero-order valence-corrected chi connectivity index (χ0v) is 18.6. The summed E-state index contributed by atoms with van der Waals surface area (Å²) in [5.41, 5.74) is 2.33. The molecule has 3 rings (SSSR count). The molecular formula is C20H25BrN2O3S. The summed E-state index contributed by atoms with van der Waals surface area (Å²) in [5.74, 6) is 0.0522. The molecule has 1 N–H and O–H groups in total. The number of nitrogens with one attached hydrogen (secondary N) is 1. The molecule has 0 saturated carbocycles. The number of nitrogens with zero attached hydrogens (tertiary/aromatic N) is 1. The van der Waals surface area contributed by atoms with Crippen molar-refractivity contribution >= 4 is 45.4 Å². The fraction of sp³-hybridized carbons (Fsp3) is 0.300. The number of methoxy groups -OCH3 is 1. The molecule has 2 heterocycles. The number of carbonyl (C=O) groups is 1. The van der Waals surface area contributed by atoms with Crippen LogP contribution in [-0.4, -0.2) is 29.7 Å². The van der Waals surface area contributed by atoms with E-state index in [2.05, 4.69) is 45.5 Å². The Kier molecular flexibility index (Phi) is 9.96. The highest BCUT2D eigenvalue weighted by atomic mass is 79.9. The Morgan fingerprint density at radius 2 is 1.89 bits per heavy atom. The summed E-state index contributed by atoms with van der Waals surface area (Å²) in [4.78, 5) is 19.7. The van der Waals surface area contributed by atoms with Crippen molar-refractivity contribution in [2.75, 3.05) is 13.7 Å². The standard InChI is InChI=1S/C11H11BrN2O3.C7H8S.C2H6/c1-3-17-11(15)8-4-6-7(12)5-13-10(16-2)9(6)14-8;1-6-2-4-7(8)5-3-6;1-2/h4-5,14H,3H2,1-2H3;2-5,8H,1H3;1-2H3. The van der Waals surface area contributed by atoms with Crippen molar-refractivity contribution < 1.29 is 14.3 Å². The molecule has 0 bridgehead atoms. The van der Waals surface area contributed by atoms with Crippen LogP contribution in [0.1, 0.15) is 36.8 Å². The van der Waals surface area contributed by atoms with Crippen molar-refractivity contribution in [1.82, 2.24) is 9.97 Å². The van der Waals surface area contributed by atoms with Gasteiger partial charge in [-0.2, -0.15) is 0 Å². The molecule has 0 unspecified atom stereocenters. The van der Waals surface area contributed by atoms with Gasteiger partial charge < -0.3 is 14.5 Å². The van der Waals surface area contributed by atoms with Crippen molar-refractivity contribution in [2.45, 2.75) is 32.6 Å². The first-order valence-corrected chi connectivity index (χ1v) is 9.84. The number of pyridine rings is 1. The van der Waals surface area contributed by atoms with Crippen LogP contribution >= 0.6 is 28.6 Å². The van der Waals surface area contributed by atoms with Gasteiger partial charge in [-0.15, -0.1) is 12.6 Å². The molecule has 0 radical (unpaired) electrons. The Bertz CT molecular complexity index is 843. The van der Waals surface area contributed by atoms with E-state index >= 15 is 0 Å². The minimum Gasteiger partial charge on any atom is -0.479 e. The molecule has 0 atom stereocenters. The zero-order chi connectivity index (χ0) is 20.4. The van der Waals surface area contributed by atoms with Gasteiger partial charge in [0.15, 0.2) is 0 Å². The SMILES string of the molecule is CC.CCOC(=O)c1cc2c(Br)cnc(OC)c2[nH]1.Cc1ccc(S)cc1.